The first kappa shape index (κ1) is 17.6. The fraction of sp³-hybridized carbons (Fsp3) is 0.471. The van der Waals surface area contributed by atoms with Crippen molar-refractivity contribution in [3.05, 3.63) is 48.6 Å². The van der Waals surface area contributed by atoms with Crippen molar-refractivity contribution < 1.29 is 18.6 Å². The summed E-state index contributed by atoms with van der Waals surface area (Å²) < 4.78 is 22.6. The quantitative estimate of drug-likeness (QED) is 0.575. The summed E-state index contributed by atoms with van der Waals surface area (Å²) in [7, 11) is -1.85. The summed E-state index contributed by atoms with van der Waals surface area (Å²) in [5, 5.41) is 2.88. The van der Waals surface area contributed by atoms with E-state index >= 15 is 0 Å². The molecule has 0 heterocycles. The summed E-state index contributed by atoms with van der Waals surface area (Å²) in [5.74, 6) is 0.0844. The van der Waals surface area contributed by atoms with Crippen LogP contribution >= 0.6 is 8.03 Å². The van der Waals surface area contributed by atoms with Gasteiger partial charge in [0.25, 0.3) is 0 Å². The molecule has 0 aliphatic heterocycles. The number of carbonyl (C=O) groups excluding carboxylic acids is 1. The van der Waals surface area contributed by atoms with Crippen LogP contribution in [0.4, 0.5) is 4.79 Å². The Morgan fingerprint density at radius 3 is 2.78 bits per heavy atom. The van der Waals surface area contributed by atoms with Gasteiger partial charge in [0, 0.05) is 5.92 Å². The van der Waals surface area contributed by atoms with E-state index in [4.69, 9.17) is 9.26 Å². The summed E-state index contributed by atoms with van der Waals surface area (Å²) >= 11 is 0. The van der Waals surface area contributed by atoms with Gasteiger partial charge in [-0.2, -0.15) is 0 Å². The van der Waals surface area contributed by atoms with Crippen LogP contribution in [0.15, 0.2) is 43.0 Å². The van der Waals surface area contributed by atoms with Crippen molar-refractivity contribution in [2.75, 3.05) is 6.61 Å². The molecule has 1 saturated carbocycles. The van der Waals surface area contributed by atoms with Gasteiger partial charge in [0.05, 0.1) is 12.1 Å². The van der Waals surface area contributed by atoms with Gasteiger partial charge in [-0.05, 0) is 30.4 Å². The van der Waals surface area contributed by atoms with E-state index in [0.717, 1.165) is 5.56 Å². The Balaban J connectivity index is 1.95. The zero-order valence-electron chi connectivity index (χ0n) is 13.5. The van der Waals surface area contributed by atoms with Crippen molar-refractivity contribution in [1.82, 2.24) is 5.32 Å². The Morgan fingerprint density at radius 2 is 2.22 bits per heavy atom. The fourth-order valence-corrected chi connectivity index (χ4v) is 3.92. The van der Waals surface area contributed by atoms with E-state index in [0.29, 0.717) is 13.0 Å². The molecule has 1 fully saturated rings. The molecule has 0 saturated heterocycles. The number of benzene rings is 1. The van der Waals surface area contributed by atoms with Crippen LogP contribution in [0, 0.1) is 5.92 Å². The first-order valence-electron chi connectivity index (χ1n) is 7.74. The van der Waals surface area contributed by atoms with Crippen LogP contribution < -0.4 is 5.32 Å². The Kier molecular flexibility index (Phi) is 5.91. The summed E-state index contributed by atoms with van der Waals surface area (Å²) in [6.07, 6.45) is 1.97. The van der Waals surface area contributed by atoms with E-state index in [1.54, 1.807) is 13.0 Å². The molecule has 1 aliphatic carbocycles. The zero-order valence-corrected chi connectivity index (χ0v) is 14.4. The molecule has 4 unspecified atom stereocenters. The molecule has 5 nitrogen and oxygen atoms in total. The minimum absolute atomic E-state index is 0.0844. The highest BCUT2D eigenvalue weighted by Gasteiger charge is 2.65. The molecule has 1 aromatic carbocycles. The van der Waals surface area contributed by atoms with E-state index in [-0.39, 0.29) is 18.2 Å². The number of alkyl carbamates (subject to hydrolysis) is 1. The van der Waals surface area contributed by atoms with Crippen molar-refractivity contribution >= 4 is 14.1 Å². The second-order valence-corrected chi connectivity index (χ2v) is 7.26. The van der Waals surface area contributed by atoms with Gasteiger partial charge in [-0.25, -0.2) is 4.79 Å². The molecular weight excluding hydrogens is 313 g/mol. The Labute approximate surface area is 137 Å². The first-order chi connectivity index (χ1) is 11.0. The monoisotopic (exact) mass is 336 g/mol. The number of rotatable bonds is 8. The van der Waals surface area contributed by atoms with Crippen molar-refractivity contribution in [3.63, 3.8) is 0 Å². The molecular formula is C17H23NO4P+. The Morgan fingerprint density at radius 1 is 1.52 bits per heavy atom. The highest BCUT2D eigenvalue weighted by Crippen LogP contribution is 2.54. The summed E-state index contributed by atoms with van der Waals surface area (Å²) in [4.78, 5) is 12.1. The van der Waals surface area contributed by atoms with Crippen molar-refractivity contribution in [1.29, 1.82) is 0 Å². The number of ether oxygens (including phenoxy) is 1. The second kappa shape index (κ2) is 7.71. The van der Waals surface area contributed by atoms with Crippen LogP contribution in [0.3, 0.4) is 0 Å². The van der Waals surface area contributed by atoms with Gasteiger partial charge in [-0.3, -0.25) is 0 Å². The van der Waals surface area contributed by atoms with Crippen LogP contribution in [0.1, 0.15) is 25.8 Å². The van der Waals surface area contributed by atoms with E-state index in [1.165, 1.54) is 0 Å². The molecule has 6 heteroatoms. The molecule has 2 rings (SSSR count). The lowest BCUT2D eigenvalue weighted by molar-refractivity contribution is 0.133. The number of amides is 1. The van der Waals surface area contributed by atoms with E-state index in [9.17, 15) is 9.36 Å². The van der Waals surface area contributed by atoms with Gasteiger partial charge in [-0.1, -0.05) is 36.4 Å². The lowest BCUT2D eigenvalue weighted by atomic mass is 10.1. The molecule has 1 aliphatic rings. The third-order valence-electron chi connectivity index (χ3n) is 4.21. The maximum Gasteiger partial charge on any atom is 0.513 e. The standard InChI is InChI=1S/C17H22NO4P/c1-4-15-11-17(15,13(3)23(20)22-5-2)18-16(19)21-12-14-9-7-6-8-10-14/h4,6-10,13,15H,1,5,11-12H2,2-3H3/p+1. The molecule has 23 heavy (non-hydrogen) atoms. The van der Waals surface area contributed by atoms with E-state index in [1.807, 2.05) is 37.3 Å². The van der Waals surface area contributed by atoms with Crippen LogP contribution in [-0.4, -0.2) is 23.9 Å². The number of nitrogens with one attached hydrogen (secondary N) is 1. The highest BCUT2D eigenvalue weighted by atomic mass is 31.1. The topological polar surface area (TPSA) is 64.6 Å². The minimum Gasteiger partial charge on any atom is -0.445 e. The van der Waals surface area contributed by atoms with Crippen LogP contribution in [-0.2, 0) is 20.4 Å². The number of hydrogen-bond donors (Lipinski definition) is 1. The molecule has 0 radical (unpaired) electrons. The molecule has 124 valence electrons. The Hall–Kier alpha value is -1.71. The maximum absolute atomic E-state index is 12.2. The number of carbonyl (C=O) groups is 1. The SMILES string of the molecule is C=CC1CC1(NC(=O)OCc1ccccc1)C(C)[P+](=O)OCC. The van der Waals surface area contributed by atoms with Crippen molar-refractivity contribution in [2.24, 2.45) is 5.92 Å². The van der Waals surface area contributed by atoms with E-state index < -0.39 is 19.7 Å². The number of hydrogen-bond acceptors (Lipinski definition) is 4. The van der Waals surface area contributed by atoms with Crippen molar-refractivity contribution in [3.8, 4) is 0 Å². The normalized spacial score (nSPS) is 24.4. The minimum atomic E-state index is -1.85. The lowest BCUT2D eigenvalue weighted by Crippen LogP contribution is -2.45. The van der Waals surface area contributed by atoms with Gasteiger partial charge in [-0.15, -0.1) is 11.1 Å². The molecule has 1 amide bonds. The zero-order chi connectivity index (χ0) is 16.9. The van der Waals surface area contributed by atoms with Gasteiger partial charge < -0.3 is 10.1 Å². The first-order valence-corrected chi connectivity index (χ1v) is 8.99. The van der Waals surface area contributed by atoms with Crippen molar-refractivity contribution in [2.45, 2.75) is 38.1 Å². The summed E-state index contributed by atoms with van der Waals surface area (Å²) in [5.41, 5.74) is 0.0314. The average molecular weight is 336 g/mol. The van der Waals surface area contributed by atoms with Crippen LogP contribution in [0.5, 0.6) is 0 Å². The lowest BCUT2D eigenvalue weighted by Gasteiger charge is -2.18. The third-order valence-corrected chi connectivity index (χ3v) is 5.82. The predicted octanol–water partition coefficient (Wildman–Crippen LogP) is 4.02. The molecule has 1 aromatic rings. The summed E-state index contributed by atoms with van der Waals surface area (Å²) in [6.45, 7) is 7.99. The third kappa shape index (κ3) is 4.18. The maximum atomic E-state index is 12.2. The smallest absolute Gasteiger partial charge is 0.445 e. The molecule has 0 aromatic heterocycles. The van der Waals surface area contributed by atoms with Gasteiger partial charge >= 0.3 is 14.1 Å². The van der Waals surface area contributed by atoms with Gasteiger partial charge in [0.2, 0.25) is 5.66 Å². The molecule has 4 atom stereocenters. The van der Waals surface area contributed by atoms with Crippen LogP contribution in [0.25, 0.3) is 0 Å². The summed E-state index contributed by atoms with van der Waals surface area (Å²) in [6, 6.07) is 9.47. The highest BCUT2D eigenvalue weighted by molar-refractivity contribution is 7.40. The second-order valence-electron chi connectivity index (χ2n) is 5.65. The fourth-order valence-electron chi connectivity index (χ4n) is 2.70. The molecule has 1 N–H and O–H groups in total. The van der Waals surface area contributed by atoms with Gasteiger partial charge in [0.1, 0.15) is 6.61 Å². The predicted molar refractivity (Wildman–Crippen MR) is 89.5 cm³/mol. The largest absolute Gasteiger partial charge is 0.513 e. The molecule has 0 spiro atoms. The van der Waals surface area contributed by atoms with Gasteiger partial charge in [0.15, 0.2) is 0 Å². The van der Waals surface area contributed by atoms with E-state index in [2.05, 4.69) is 11.9 Å². The molecule has 0 bridgehead atoms. The average Bonchev–Trinajstić information content (AvgIpc) is 3.27. The van der Waals surface area contributed by atoms with Crippen LogP contribution in [0.2, 0.25) is 0 Å². The Bertz CT molecular complexity index is 577.